The van der Waals surface area contributed by atoms with Crippen molar-refractivity contribution in [1.82, 2.24) is 0 Å². The van der Waals surface area contributed by atoms with Crippen molar-refractivity contribution in [2.45, 2.75) is 25.3 Å². The normalized spacial score (nSPS) is 12.4. The zero-order valence-corrected chi connectivity index (χ0v) is 10.9. The molecule has 1 rings (SSSR count). The smallest absolute Gasteiger partial charge is 0.120 e. The summed E-state index contributed by atoms with van der Waals surface area (Å²) in [5.41, 5.74) is 5.75. The van der Waals surface area contributed by atoms with E-state index >= 15 is 0 Å². The molecule has 0 spiro atoms. The van der Waals surface area contributed by atoms with Crippen molar-refractivity contribution in [3.05, 3.63) is 29.3 Å². The zero-order chi connectivity index (χ0) is 11.8. The van der Waals surface area contributed by atoms with Crippen LogP contribution in [-0.2, 0) is 0 Å². The fraction of sp³-hybridized carbons (Fsp3) is 0.500. The van der Waals surface area contributed by atoms with E-state index < -0.39 is 0 Å². The van der Waals surface area contributed by atoms with Gasteiger partial charge in [0.2, 0.25) is 0 Å². The molecule has 0 saturated heterocycles. The molecule has 0 saturated carbocycles. The first-order chi connectivity index (χ1) is 7.72. The van der Waals surface area contributed by atoms with E-state index in [1.54, 1.807) is 0 Å². The fourth-order valence-electron chi connectivity index (χ4n) is 1.35. The standard InChI is InChI=1S/C12H18ClNOS/c13-10-4-3-6-12(8-10)15-7-2-1-5-11(14)9-16/h3-4,6,8,11,16H,1-2,5,7,9,14H2/t11-/m0/s1. The summed E-state index contributed by atoms with van der Waals surface area (Å²) in [6, 6.07) is 7.65. The number of ether oxygens (including phenoxy) is 1. The van der Waals surface area contributed by atoms with Crippen LogP contribution in [0.2, 0.25) is 5.02 Å². The van der Waals surface area contributed by atoms with E-state index in [0.29, 0.717) is 11.6 Å². The predicted molar refractivity (Wildman–Crippen MR) is 72.6 cm³/mol. The van der Waals surface area contributed by atoms with Gasteiger partial charge >= 0.3 is 0 Å². The number of thiol groups is 1. The maximum Gasteiger partial charge on any atom is 0.120 e. The summed E-state index contributed by atoms with van der Waals surface area (Å²) in [6.07, 6.45) is 3.08. The topological polar surface area (TPSA) is 35.2 Å². The molecule has 16 heavy (non-hydrogen) atoms. The number of hydrogen-bond acceptors (Lipinski definition) is 3. The molecule has 2 nitrogen and oxygen atoms in total. The first-order valence-electron chi connectivity index (χ1n) is 5.47. The van der Waals surface area contributed by atoms with Crippen LogP contribution in [0.5, 0.6) is 5.75 Å². The summed E-state index contributed by atoms with van der Waals surface area (Å²) < 4.78 is 5.56. The van der Waals surface area contributed by atoms with Crippen molar-refractivity contribution in [1.29, 1.82) is 0 Å². The summed E-state index contributed by atoms with van der Waals surface area (Å²) >= 11 is 9.98. The monoisotopic (exact) mass is 259 g/mol. The van der Waals surface area contributed by atoms with Crippen LogP contribution >= 0.6 is 24.2 Å². The second kappa shape index (κ2) is 7.82. The van der Waals surface area contributed by atoms with Crippen LogP contribution in [0.15, 0.2) is 24.3 Å². The zero-order valence-electron chi connectivity index (χ0n) is 9.23. The number of halogens is 1. The van der Waals surface area contributed by atoms with Crippen LogP contribution in [-0.4, -0.2) is 18.4 Å². The van der Waals surface area contributed by atoms with Gasteiger partial charge in [-0.15, -0.1) is 0 Å². The molecule has 0 fully saturated rings. The van der Waals surface area contributed by atoms with Gasteiger partial charge in [-0.05, 0) is 37.5 Å². The van der Waals surface area contributed by atoms with Crippen LogP contribution in [0.3, 0.4) is 0 Å². The Morgan fingerprint density at radius 1 is 1.38 bits per heavy atom. The molecule has 2 N–H and O–H groups in total. The molecule has 1 aromatic rings. The third kappa shape index (κ3) is 5.64. The Morgan fingerprint density at radius 3 is 2.88 bits per heavy atom. The fourth-order valence-corrected chi connectivity index (χ4v) is 1.71. The third-order valence-electron chi connectivity index (χ3n) is 2.27. The first-order valence-corrected chi connectivity index (χ1v) is 6.48. The number of nitrogens with two attached hydrogens (primary N) is 1. The van der Waals surface area contributed by atoms with E-state index in [9.17, 15) is 0 Å². The summed E-state index contributed by atoms with van der Waals surface area (Å²) in [5, 5.41) is 0.703. The van der Waals surface area contributed by atoms with Crippen molar-refractivity contribution in [3.63, 3.8) is 0 Å². The molecule has 0 aliphatic rings. The lowest BCUT2D eigenvalue weighted by atomic mass is 10.1. The lowest BCUT2D eigenvalue weighted by Crippen LogP contribution is -2.21. The largest absolute Gasteiger partial charge is 0.494 e. The van der Waals surface area contributed by atoms with Crippen LogP contribution in [0, 0.1) is 0 Å². The van der Waals surface area contributed by atoms with Crippen molar-refractivity contribution in [2.24, 2.45) is 5.73 Å². The molecule has 0 bridgehead atoms. The third-order valence-corrected chi connectivity index (χ3v) is 2.97. The molecule has 1 atom stereocenters. The Kier molecular flexibility index (Phi) is 6.69. The van der Waals surface area contributed by atoms with E-state index in [1.807, 2.05) is 24.3 Å². The summed E-state index contributed by atoms with van der Waals surface area (Å²) in [5.74, 6) is 1.57. The number of benzene rings is 1. The van der Waals surface area contributed by atoms with Crippen LogP contribution in [0.1, 0.15) is 19.3 Å². The van der Waals surface area contributed by atoms with Crippen LogP contribution in [0.4, 0.5) is 0 Å². The molecule has 0 aliphatic carbocycles. The Morgan fingerprint density at radius 2 is 2.19 bits per heavy atom. The van der Waals surface area contributed by atoms with Crippen LogP contribution < -0.4 is 10.5 Å². The minimum Gasteiger partial charge on any atom is -0.494 e. The molecule has 0 amide bonds. The lowest BCUT2D eigenvalue weighted by Gasteiger charge is -2.09. The Hall–Kier alpha value is -0.380. The van der Waals surface area contributed by atoms with E-state index in [2.05, 4.69) is 12.6 Å². The molecule has 4 heteroatoms. The number of rotatable bonds is 7. The van der Waals surface area contributed by atoms with Gasteiger partial charge in [0, 0.05) is 16.8 Å². The summed E-state index contributed by atoms with van der Waals surface area (Å²) in [7, 11) is 0. The quantitative estimate of drug-likeness (QED) is 0.583. The highest BCUT2D eigenvalue weighted by molar-refractivity contribution is 7.80. The van der Waals surface area contributed by atoms with E-state index in [0.717, 1.165) is 30.8 Å². The molecule has 0 heterocycles. The first kappa shape index (κ1) is 13.7. The van der Waals surface area contributed by atoms with Gasteiger partial charge in [-0.3, -0.25) is 0 Å². The molecule has 0 aromatic heterocycles. The SMILES string of the molecule is N[C@H](CS)CCCCOc1cccc(Cl)c1. The highest BCUT2D eigenvalue weighted by atomic mass is 35.5. The molecule has 90 valence electrons. The lowest BCUT2D eigenvalue weighted by molar-refractivity contribution is 0.304. The second-order valence-electron chi connectivity index (χ2n) is 3.74. The maximum atomic E-state index is 5.84. The van der Waals surface area contributed by atoms with E-state index in [4.69, 9.17) is 22.1 Å². The molecule has 0 aliphatic heterocycles. The van der Waals surface area contributed by atoms with Gasteiger partial charge in [0.15, 0.2) is 0 Å². The van der Waals surface area contributed by atoms with Gasteiger partial charge in [-0.1, -0.05) is 17.7 Å². The van der Waals surface area contributed by atoms with Crippen molar-refractivity contribution < 1.29 is 4.74 Å². The summed E-state index contributed by atoms with van der Waals surface area (Å²) in [4.78, 5) is 0. The van der Waals surface area contributed by atoms with Crippen molar-refractivity contribution in [2.75, 3.05) is 12.4 Å². The number of unbranched alkanes of at least 4 members (excludes halogenated alkanes) is 1. The van der Waals surface area contributed by atoms with Gasteiger partial charge in [0.1, 0.15) is 5.75 Å². The predicted octanol–water partition coefficient (Wildman–Crippen LogP) is 3.15. The second-order valence-corrected chi connectivity index (χ2v) is 4.55. The summed E-state index contributed by atoms with van der Waals surface area (Å²) in [6.45, 7) is 0.708. The highest BCUT2D eigenvalue weighted by Gasteiger charge is 1.99. The molecule has 1 aromatic carbocycles. The molecular formula is C12H18ClNOS. The van der Waals surface area contributed by atoms with Gasteiger partial charge in [-0.25, -0.2) is 0 Å². The molecule has 0 unspecified atom stereocenters. The van der Waals surface area contributed by atoms with Gasteiger partial charge < -0.3 is 10.5 Å². The van der Waals surface area contributed by atoms with E-state index in [-0.39, 0.29) is 6.04 Å². The van der Waals surface area contributed by atoms with Crippen LogP contribution in [0.25, 0.3) is 0 Å². The van der Waals surface area contributed by atoms with Crippen molar-refractivity contribution >= 4 is 24.2 Å². The van der Waals surface area contributed by atoms with Gasteiger partial charge in [0.05, 0.1) is 6.61 Å². The highest BCUT2D eigenvalue weighted by Crippen LogP contribution is 2.17. The van der Waals surface area contributed by atoms with Gasteiger partial charge in [0.25, 0.3) is 0 Å². The Balaban J connectivity index is 2.12. The minimum atomic E-state index is 0.203. The molecule has 0 radical (unpaired) electrons. The minimum absolute atomic E-state index is 0.203. The average Bonchev–Trinajstić information content (AvgIpc) is 2.28. The Bertz CT molecular complexity index is 309. The maximum absolute atomic E-state index is 5.84. The van der Waals surface area contributed by atoms with Gasteiger partial charge in [-0.2, -0.15) is 12.6 Å². The number of hydrogen-bond donors (Lipinski definition) is 2. The van der Waals surface area contributed by atoms with E-state index in [1.165, 1.54) is 0 Å². The molecular weight excluding hydrogens is 242 g/mol. The van der Waals surface area contributed by atoms with Crippen molar-refractivity contribution in [3.8, 4) is 5.75 Å². The Labute approximate surface area is 108 Å². The average molecular weight is 260 g/mol.